The Morgan fingerprint density at radius 3 is 2.21 bits per heavy atom. The van der Waals surface area contributed by atoms with Crippen molar-refractivity contribution in [1.82, 2.24) is 5.32 Å². The standard InChI is InChI=1S/C19H21NO3Se/c1-19(18(22)23-2,13-14-24-16-11-7-4-8-12-16)20-17(21)15-9-5-3-6-10-15/h3-12H,13-14H2,1-2H3,(H,20,21). The third-order valence-electron chi connectivity index (χ3n) is 3.68. The Balaban J connectivity index is 2.03. The Hall–Kier alpha value is -2.10. The Morgan fingerprint density at radius 2 is 1.62 bits per heavy atom. The van der Waals surface area contributed by atoms with Crippen LogP contribution in [-0.4, -0.2) is 39.5 Å². The summed E-state index contributed by atoms with van der Waals surface area (Å²) < 4.78 is 6.18. The molecule has 0 spiro atoms. The summed E-state index contributed by atoms with van der Waals surface area (Å²) in [5, 5.41) is 3.67. The molecule has 1 amide bonds. The normalized spacial score (nSPS) is 12.9. The van der Waals surface area contributed by atoms with Crippen LogP contribution in [0.4, 0.5) is 0 Å². The molecule has 1 unspecified atom stereocenters. The molecule has 1 atom stereocenters. The average Bonchev–Trinajstić information content (AvgIpc) is 2.62. The fraction of sp³-hybridized carbons (Fsp3) is 0.263. The van der Waals surface area contributed by atoms with Crippen LogP contribution in [0, 0.1) is 0 Å². The second-order valence-corrected chi connectivity index (χ2v) is 8.01. The summed E-state index contributed by atoms with van der Waals surface area (Å²) in [5.41, 5.74) is -0.501. The van der Waals surface area contributed by atoms with Gasteiger partial charge in [0.1, 0.15) is 0 Å². The van der Waals surface area contributed by atoms with Crippen molar-refractivity contribution in [2.75, 3.05) is 7.11 Å². The summed E-state index contributed by atoms with van der Waals surface area (Å²) in [6.45, 7) is 1.72. The molecular formula is C19H21NO3Se. The molecule has 2 rings (SSSR count). The van der Waals surface area contributed by atoms with E-state index in [9.17, 15) is 9.59 Å². The summed E-state index contributed by atoms with van der Waals surface area (Å²) in [6, 6.07) is 19.0. The van der Waals surface area contributed by atoms with Gasteiger partial charge in [-0.15, -0.1) is 0 Å². The molecule has 0 saturated carbocycles. The van der Waals surface area contributed by atoms with Crippen LogP contribution in [0.3, 0.4) is 0 Å². The van der Waals surface area contributed by atoms with E-state index in [0.29, 0.717) is 12.0 Å². The summed E-state index contributed by atoms with van der Waals surface area (Å²) >= 11 is 0.244. The molecule has 0 saturated heterocycles. The van der Waals surface area contributed by atoms with Gasteiger partial charge in [0.2, 0.25) is 0 Å². The van der Waals surface area contributed by atoms with Crippen molar-refractivity contribution < 1.29 is 14.3 Å². The number of esters is 1. The number of amides is 1. The van der Waals surface area contributed by atoms with Gasteiger partial charge in [0, 0.05) is 0 Å². The van der Waals surface area contributed by atoms with Gasteiger partial charge in [0.25, 0.3) is 0 Å². The van der Waals surface area contributed by atoms with Gasteiger partial charge in [-0.2, -0.15) is 0 Å². The second kappa shape index (κ2) is 8.67. The third-order valence-corrected chi connectivity index (χ3v) is 5.80. The van der Waals surface area contributed by atoms with E-state index in [1.54, 1.807) is 31.2 Å². The van der Waals surface area contributed by atoms with Gasteiger partial charge >= 0.3 is 148 Å². The van der Waals surface area contributed by atoms with Crippen LogP contribution in [0.5, 0.6) is 0 Å². The third kappa shape index (κ3) is 4.95. The molecule has 5 heteroatoms. The number of nitrogens with one attached hydrogen (secondary N) is 1. The first kappa shape index (κ1) is 18.2. The van der Waals surface area contributed by atoms with Crippen molar-refractivity contribution in [3.05, 3.63) is 66.2 Å². The maximum absolute atomic E-state index is 12.4. The predicted molar refractivity (Wildman–Crippen MR) is 95.6 cm³/mol. The number of ether oxygens (including phenoxy) is 1. The molecule has 24 heavy (non-hydrogen) atoms. The Kier molecular flexibility index (Phi) is 6.59. The van der Waals surface area contributed by atoms with E-state index in [-0.39, 0.29) is 20.9 Å². The minimum absolute atomic E-state index is 0.244. The van der Waals surface area contributed by atoms with Crippen LogP contribution in [0.1, 0.15) is 23.7 Å². The molecule has 0 heterocycles. The number of hydrogen-bond acceptors (Lipinski definition) is 3. The fourth-order valence-electron chi connectivity index (χ4n) is 2.24. The number of benzene rings is 2. The monoisotopic (exact) mass is 391 g/mol. The van der Waals surface area contributed by atoms with Crippen LogP contribution in [0.25, 0.3) is 0 Å². The number of hydrogen-bond donors (Lipinski definition) is 1. The van der Waals surface area contributed by atoms with Crippen LogP contribution >= 0.6 is 0 Å². The molecule has 0 radical (unpaired) electrons. The molecule has 4 nitrogen and oxygen atoms in total. The first-order chi connectivity index (χ1) is 11.5. The summed E-state index contributed by atoms with van der Waals surface area (Å²) in [7, 11) is 1.34. The number of rotatable bonds is 7. The molecule has 0 bridgehead atoms. The molecule has 0 aliphatic heterocycles. The van der Waals surface area contributed by atoms with Gasteiger partial charge in [0.15, 0.2) is 0 Å². The number of carbonyl (C=O) groups excluding carboxylic acids is 2. The van der Waals surface area contributed by atoms with Gasteiger partial charge in [-0.05, 0) is 0 Å². The van der Waals surface area contributed by atoms with Crippen molar-refractivity contribution >= 4 is 31.3 Å². The van der Waals surface area contributed by atoms with Crippen molar-refractivity contribution in [1.29, 1.82) is 0 Å². The minimum atomic E-state index is -1.03. The van der Waals surface area contributed by atoms with Gasteiger partial charge in [0.05, 0.1) is 0 Å². The topological polar surface area (TPSA) is 55.4 Å². The van der Waals surface area contributed by atoms with Crippen molar-refractivity contribution in [3.63, 3.8) is 0 Å². The van der Waals surface area contributed by atoms with Crippen LogP contribution in [0.2, 0.25) is 5.32 Å². The van der Waals surface area contributed by atoms with Gasteiger partial charge < -0.3 is 0 Å². The molecule has 0 aliphatic rings. The Bertz CT molecular complexity index is 676. The second-order valence-electron chi connectivity index (χ2n) is 5.56. The predicted octanol–water partition coefficient (Wildman–Crippen LogP) is 2.19. The number of methoxy groups -OCH3 is 1. The zero-order valence-electron chi connectivity index (χ0n) is 13.8. The van der Waals surface area contributed by atoms with E-state index in [0.717, 1.165) is 5.32 Å². The van der Waals surface area contributed by atoms with E-state index in [4.69, 9.17) is 4.74 Å². The summed E-state index contributed by atoms with van der Waals surface area (Å²) in [5.74, 6) is -0.689. The van der Waals surface area contributed by atoms with Gasteiger partial charge in [-0.3, -0.25) is 0 Å². The quantitative estimate of drug-likeness (QED) is 0.583. The first-order valence-corrected chi connectivity index (χ1v) is 9.76. The van der Waals surface area contributed by atoms with Gasteiger partial charge in [-0.1, -0.05) is 0 Å². The summed E-state index contributed by atoms with van der Waals surface area (Å²) in [6.07, 6.45) is 0.535. The molecule has 0 aromatic heterocycles. The molecule has 2 aromatic carbocycles. The average molecular weight is 390 g/mol. The van der Waals surface area contributed by atoms with E-state index in [1.807, 2.05) is 24.3 Å². The first-order valence-electron chi connectivity index (χ1n) is 7.69. The molecule has 126 valence electrons. The van der Waals surface area contributed by atoms with E-state index in [2.05, 4.69) is 17.4 Å². The molecule has 2 aromatic rings. The van der Waals surface area contributed by atoms with Gasteiger partial charge in [-0.25, -0.2) is 0 Å². The molecule has 0 fully saturated rings. The van der Waals surface area contributed by atoms with Crippen molar-refractivity contribution in [3.8, 4) is 0 Å². The van der Waals surface area contributed by atoms with E-state index in [1.165, 1.54) is 11.6 Å². The van der Waals surface area contributed by atoms with Crippen LogP contribution in [0.15, 0.2) is 60.7 Å². The van der Waals surface area contributed by atoms with E-state index < -0.39 is 11.5 Å². The van der Waals surface area contributed by atoms with Crippen molar-refractivity contribution in [2.45, 2.75) is 24.2 Å². The Labute approximate surface area is 148 Å². The summed E-state index contributed by atoms with van der Waals surface area (Å²) in [4.78, 5) is 24.6. The van der Waals surface area contributed by atoms with Crippen LogP contribution in [-0.2, 0) is 9.53 Å². The molecular weight excluding hydrogens is 369 g/mol. The van der Waals surface area contributed by atoms with E-state index >= 15 is 0 Å². The SMILES string of the molecule is COC(=O)C(C)(CC[Se]c1ccccc1)NC(=O)c1ccccc1. The number of carbonyl (C=O) groups is 2. The molecule has 0 aliphatic carbocycles. The zero-order valence-corrected chi connectivity index (χ0v) is 15.5. The zero-order chi connectivity index (χ0) is 17.4. The fourth-order valence-corrected chi connectivity index (χ4v) is 4.54. The Morgan fingerprint density at radius 1 is 1.04 bits per heavy atom. The van der Waals surface area contributed by atoms with Crippen LogP contribution < -0.4 is 9.78 Å². The van der Waals surface area contributed by atoms with Crippen molar-refractivity contribution in [2.24, 2.45) is 0 Å². The molecule has 1 N–H and O–H groups in total. The maximum atomic E-state index is 12.4.